The first-order valence-corrected chi connectivity index (χ1v) is 6.20. The summed E-state index contributed by atoms with van der Waals surface area (Å²) < 4.78 is 0. The Morgan fingerprint density at radius 2 is 1.88 bits per heavy atom. The van der Waals surface area contributed by atoms with E-state index in [-0.39, 0.29) is 0 Å². The predicted molar refractivity (Wildman–Crippen MR) is 73.3 cm³/mol. The van der Waals surface area contributed by atoms with Crippen LogP contribution >= 0.6 is 0 Å². The Bertz CT molecular complexity index is 539. The van der Waals surface area contributed by atoms with E-state index < -0.39 is 0 Å². The minimum atomic E-state index is 0.917. The molecule has 0 radical (unpaired) electrons. The van der Waals surface area contributed by atoms with Crippen LogP contribution in [0.25, 0.3) is 10.9 Å². The van der Waals surface area contributed by atoms with E-state index in [1.165, 1.54) is 22.1 Å². The molecule has 1 aromatic heterocycles. The lowest BCUT2D eigenvalue weighted by molar-refractivity contribution is 0.729. The van der Waals surface area contributed by atoms with Gasteiger partial charge in [0.15, 0.2) is 0 Å². The lowest BCUT2D eigenvalue weighted by atomic mass is 10.0. The highest BCUT2D eigenvalue weighted by Gasteiger charge is 2.07. The quantitative estimate of drug-likeness (QED) is 0.872. The first kappa shape index (κ1) is 12.1. The largest absolute Gasteiger partial charge is 0.313 e. The average Bonchev–Trinajstić information content (AvgIpc) is 2.24. The maximum Gasteiger partial charge on any atom is 0.0713 e. The minimum absolute atomic E-state index is 0.917. The monoisotopic (exact) mass is 228 g/mol. The highest BCUT2D eigenvalue weighted by atomic mass is 14.8. The van der Waals surface area contributed by atoms with Crippen molar-refractivity contribution >= 4 is 10.9 Å². The summed E-state index contributed by atoms with van der Waals surface area (Å²) in [5, 5.41) is 4.71. The second kappa shape index (κ2) is 4.84. The molecule has 0 spiro atoms. The van der Waals surface area contributed by atoms with Gasteiger partial charge in [0.1, 0.15) is 0 Å². The SMILES string of the molecule is CCNCc1cc(C)nc2cc(C)cc(C)c12. The summed E-state index contributed by atoms with van der Waals surface area (Å²) >= 11 is 0. The van der Waals surface area contributed by atoms with Crippen LogP contribution in [0.5, 0.6) is 0 Å². The third-order valence-electron chi connectivity index (χ3n) is 3.03. The molecule has 2 heteroatoms. The first-order chi connectivity index (χ1) is 8.11. The summed E-state index contributed by atoms with van der Waals surface area (Å²) in [4.78, 5) is 4.64. The molecule has 1 heterocycles. The van der Waals surface area contributed by atoms with Gasteiger partial charge in [-0.25, -0.2) is 0 Å². The van der Waals surface area contributed by atoms with Crippen molar-refractivity contribution in [3.8, 4) is 0 Å². The molecule has 0 saturated heterocycles. The fourth-order valence-corrected chi connectivity index (χ4v) is 2.40. The van der Waals surface area contributed by atoms with Gasteiger partial charge in [-0.2, -0.15) is 0 Å². The average molecular weight is 228 g/mol. The van der Waals surface area contributed by atoms with Crippen LogP contribution in [-0.4, -0.2) is 11.5 Å². The minimum Gasteiger partial charge on any atom is -0.313 e. The third-order valence-corrected chi connectivity index (χ3v) is 3.03. The molecule has 2 nitrogen and oxygen atoms in total. The predicted octanol–water partition coefficient (Wildman–Crippen LogP) is 3.27. The van der Waals surface area contributed by atoms with Crippen molar-refractivity contribution in [1.29, 1.82) is 0 Å². The molecule has 0 saturated carbocycles. The van der Waals surface area contributed by atoms with Crippen molar-refractivity contribution in [3.63, 3.8) is 0 Å². The maximum absolute atomic E-state index is 4.64. The number of nitrogens with zero attached hydrogens (tertiary/aromatic N) is 1. The zero-order chi connectivity index (χ0) is 12.4. The van der Waals surface area contributed by atoms with Crippen molar-refractivity contribution < 1.29 is 0 Å². The first-order valence-electron chi connectivity index (χ1n) is 6.20. The van der Waals surface area contributed by atoms with E-state index >= 15 is 0 Å². The normalized spacial score (nSPS) is 11.1. The van der Waals surface area contributed by atoms with Gasteiger partial charge in [0.25, 0.3) is 0 Å². The highest BCUT2D eigenvalue weighted by molar-refractivity contribution is 5.86. The Morgan fingerprint density at radius 1 is 1.12 bits per heavy atom. The maximum atomic E-state index is 4.64. The second-order valence-electron chi connectivity index (χ2n) is 4.68. The standard InChI is InChI=1S/C15H20N2/c1-5-16-9-13-8-12(4)17-14-7-10(2)6-11(3)15(13)14/h6-8,16H,5,9H2,1-4H3. The van der Waals surface area contributed by atoms with Crippen molar-refractivity contribution in [2.24, 2.45) is 0 Å². The topological polar surface area (TPSA) is 24.9 Å². The number of hydrogen-bond donors (Lipinski definition) is 1. The Kier molecular flexibility index (Phi) is 3.43. The number of aryl methyl sites for hydroxylation is 3. The molecule has 17 heavy (non-hydrogen) atoms. The summed E-state index contributed by atoms with van der Waals surface area (Å²) in [5.74, 6) is 0. The molecule has 0 aliphatic heterocycles. The van der Waals surface area contributed by atoms with E-state index in [1.54, 1.807) is 0 Å². The van der Waals surface area contributed by atoms with Crippen LogP contribution < -0.4 is 5.32 Å². The summed E-state index contributed by atoms with van der Waals surface area (Å²) in [5.41, 5.74) is 6.17. The van der Waals surface area contributed by atoms with Gasteiger partial charge in [0.2, 0.25) is 0 Å². The smallest absolute Gasteiger partial charge is 0.0713 e. The van der Waals surface area contributed by atoms with Crippen molar-refractivity contribution in [1.82, 2.24) is 10.3 Å². The fraction of sp³-hybridized carbons (Fsp3) is 0.400. The molecule has 1 N–H and O–H groups in total. The number of benzene rings is 1. The molecule has 0 amide bonds. The molecule has 1 aromatic carbocycles. The number of fused-ring (bicyclic) bond motifs is 1. The lowest BCUT2D eigenvalue weighted by Gasteiger charge is -2.11. The number of hydrogen-bond acceptors (Lipinski definition) is 2. The van der Waals surface area contributed by atoms with Gasteiger partial charge < -0.3 is 5.32 Å². The van der Waals surface area contributed by atoms with Gasteiger partial charge in [-0.05, 0) is 56.1 Å². The lowest BCUT2D eigenvalue weighted by Crippen LogP contribution is -2.12. The third kappa shape index (κ3) is 2.47. The summed E-state index contributed by atoms with van der Waals surface area (Å²) in [6.07, 6.45) is 0. The summed E-state index contributed by atoms with van der Waals surface area (Å²) in [6, 6.07) is 6.59. The van der Waals surface area contributed by atoms with Crippen LogP contribution in [-0.2, 0) is 6.54 Å². The molecule has 0 fully saturated rings. The molecule has 0 aliphatic carbocycles. The number of rotatable bonds is 3. The van der Waals surface area contributed by atoms with E-state index in [4.69, 9.17) is 0 Å². The fourth-order valence-electron chi connectivity index (χ4n) is 2.40. The van der Waals surface area contributed by atoms with Gasteiger partial charge >= 0.3 is 0 Å². The van der Waals surface area contributed by atoms with Crippen molar-refractivity contribution in [3.05, 3.63) is 40.6 Å². The van der Waals surface area contributed by atoms with Gasteiger partial charge in [-0.15, -0.1) is 0 Å². The van der Waals surface area contributed by atoms with Gasteiger partial charge in [0, 0.05) is 17.6 Å². The number of pyridine rings is 1. The summed E-state index contributed by atoms with van der Waals surface area (Å²) in [6.45, 7) is 10.4. The molecule has 0 bridgehead atoms. The van der Waals surface area contributed by atoms with Gasteiger partial charge in [-0.1, -0.05) is 13.0 Å². The van der Waals surface area contributed by atoms with Crippen LogP contribution in [0.15, 0.2) is 18.2 Å². The van der Waals surface area contributed by atoms with Crippen LogP contribution in [0.3, 0.4) is 0 Å². The van der Waals surface area contributed by atoms with E-state index in [2.05, 4.69) is 56.2 Å². The Labute approximate surface area is 103 Å². The zero-order valence-electron chi connectivity index (χ0n) is 11.1. The number of aromatic nitrogens is 1. The summed E-state index contributed by atoms with van der Waals surface area (Å²) in [7, 11) is 0. The molecule has 0 unspecified atom stereocenters. The Balaban J connectivity index is 2.65. The molecule has 0 atom stereocenters. The van der Waals surface area contributed by atoms with Crippen molar-refractivity contribution in [2.45, 2.75) is 34.2 Å². The Morgan fingerprint density at radius 3 is 2.59 bits per heavy atom. The molecule has 2 rings (SSSR count). The molecule has 2 aromatic rings. The van der Waals surface area contributed by atoms with E-state index in [9.17, 15) is 0 Å². The Hall–Kier alpha value is -1.41. The van der Waals surface area contributed by atoms with Gasteiger partial charge in [0.05, 0.1) is 5.52 Å². The molecular formula is C15H20N2. The zero-order valence-corrected chi connectivity index (χ0v) is 11.1. The van der Waals surface area contributed by atoms with Crippen molar-refractivity contribution in [2.75, 3.05) is 6.54 Å². The number of nitrogens with one attached hydrogen (secondary N) is 1. The van der Waals surface area contributed by atoms with Crippen LogP contribution in [0.2, 0.25) is 0 Å². The van der Waals surface area contributed by atoms with Crippen LogP contribution in [0, 0.1) is 20.8 Å². The van der Waals surface area contributed by atoms with Gasteiger partial charge in [-0.3, -0.25) is 4.98 Å². The molecule has 90 valence electrons. The van der Waals surface area contributed by atoms with Crippen LogP contribution in [0.1, 0.15) is 29.3 Å². The van der Waals surface area contributed by atoms with E-state index in [0.29, 0.717) is 0 Å². The highest BCUT2D eigenvalue weighted by Crippen LogP contribution is 2.23. The van der Waals surface area contributed by atoms with E-state index in [0.717, 1.165) is 24.3 Å². The molecular weight excluding hydrogens is 208 g/mol. The molecule has 0 aliphatic rings. The van der Waals surface area contributed by atoms with E-state index in [1.807, 2.05) is 0 Å². The van der Waals surface area contributed by atoms with Crippen LogP contribution in [0.4, 0.5) is 0 Å². The second-order valence-corrected chi connectivity index (χ2v) is 4.68.